The lowest BCUT2D eigenvalue weighted by molar-refractivity contribution is -0.128. The summed E-state index contributed by atoms with van der Waals surface area (Å²) in [5.41, 5.74) is 2.10. The number of aryl methyl sites for hydroxylation is 1. The van der Waals surface area contributed by atoms with Crippen LogP contribution in [-0.2, 0) is 9.59 Å². The van der Waals surface area contributed by atoms with E-state index in [1.54, 1.807) is 29.0 Å². The van der Waals surface area contributed by atoms with Crippen molar-refractivity contribution in [2.45, 2.75) is 70.0 Å². The van der Waals surface area contributed by atoms with Crippen LogP contribution in [0.1, 0.15) is 62.1 Å². The molecule has 2 atom stereocenters. The Morgan fingerprint density at radius 1 is 1.06 bits per heavy atom. The zero-order valence-corrected chi connectivity index (χ0v) is 20.8. The fourth-order valence-electron chi connectivity index (χ4n) is 5.21. The molecule has 2 aliphatic rings. The van der Waals surface area contributed by atoms with Gasteiger partial charge in [0, 0.05) is 18.3 Å². The lowest BCUT2D eigenvalue weighted by atomic mass is 9.93. The molecule has 7 heteroatoms. The lowest BCUT2D eigenvalue weighted by Gasteiger charge is -2.36. The zero-order chi connectivity index (χ0) is 24.1. The second-order valence-electron chi connectivity index (χ2n) is 9.27. The molecule has 0 spiro atoms. The number of hydrogen-bond donors (Lipinski definition) is 1. The van der Waals surface area contributed by atoms with Gasteiger partial charge in [-0.25, -0.2) is 8.70 Å². The summed E-state index contributed by atoms with van der Waals surface area (Å²) < 4.78 is 16.4. The first-order valence-electron chi connectivity index (χ1n) is 12.2. The Morgan fingerprint density at radius 3 is 2.53 bits per heavy atom. The molecule has 2 aromatic carbocycles. The normalized spacial score (nSPS) is 20.1. The van der Waals surface area contributed by atoms with Crippen molar-refractivity contribution in [1.82, 2.24) is 9.62 Å². The van der Waals surface area contributed by atoms with Crippen LogP contribution in [0.5, 0.6) is 0 Å². The zero-order valence-electron chi connectivity index (χ0n) is 20.0. The molecule has 0 aromatic heterocycles. The van der Waals surface area contributed by atoms with Crippen LogP contribution in [0.2, 0.25) is 0 Å². The Hall–Kier alpha value is -2.38. The third-order valence-electron chi connectivity index (χ3n) is 6.99. The molecule has 0 bridgehead atoms. The fourth-order valence-corrected chi connectivity index (χ4v) is 5.98. The first kappa shape index (κ1) is 24.7. The molecule has 1 heterocycles. The van der Waals surface area contributed by atoms with Crippen molar-refractivity contribution >= 4 is 29.4 Å². The number of hydrogen-bond acceptors (Lipinski definition) is 4. The number of nitrogens with zero attached hydrogens (tertiary/aromatic N) is 2. The standard InChI is InChI=1S/C27H34FN3O2S/c1-19-10-6-7-15-23(19)25(26(32)29-21-12-4-3-5-13-21)31(22-14-8-11-20(28)18-22)27(33)24-16-9-17-30(24)34-2/h6-8,10-11,14-15,18,21,24-25H,3-5,9,12-13,16-17H2,1-2H3,(H,29,32). The summed E-state index contributed by atoms with van der Waals surface area (Å²) in [6.45, 7) is 2.77. The molecule has 4 rings (SSSR count). The average molecular weight is 484 g/mol. The van der Waals surface area contributed by atoms with Crippen molar-refractivity contribution in [3.05, 3.63) is 65.5 Å². The van der Waals surface area contributed by atoms with Crippen LogP contribution in [0.4, 0.5) is 10.1 Å². The molecule has 1 saturated carbocycles. The summed E-state index contributed by atoms with van der Waals surface area (Å²) in [4.78, 5) is 29.6. The molecule has 182 valence electrons. The van der Waals surface area contributed by atoms with Gasteiger partial charge in [-0.3, -0.25) is 14.5 Å². The molecule has 2 aromatic rings. The average Bonchev–Trinajstić information content (AvgIpc) is 3.32. The van der Waals surface area contributed by atoms with E-state index in [0.29, 0.717) is 5.69 Å². The van der Waals surface area contributed by atoms with Crippen LogP contribution in [0.25, 0.3) is 0 Å². The van der Waals surface area contributed by atoms with E-state index in [1.165, 1.54) is 18.6 Å². The number of amides is 2. The quantitative estimate of drug-likeness (QED) is 0.536. The molecule has 1 aliphatic carbocycles. The van der Waals surface area contributed by atoms with Gasteiger partial charge in [-0.05, 0) is 68.2 Å². The minimum atomic E-state index is -0.873. The van der Waals surface area contributed by atoms with Crippen LogP contribution in [-0.4, -0.2) is 41.0 Å². The highest BCUT2D eigenvalue weighted by atomic mass is 32.2. The van der Waals surface area contributed by atoms with Gasteiger partial charge in [0.15, 0.2) is 0 Å². The number of carbonyl (C=O) groups excluding carboxylic acids is 2. The summed E-state index contributed by atoms with van der Waals surface area (Å²) in [5, 5.41) is 3.23. The Balaban J connectivity index is 1.79. The Morgan fingerprint density at radius 2 is 1.82 bits per heavy atom. The summed E-state index contributed by atoms with van der Waals surface area (Å²) >= 11 is 1.54. The van der Waals surface area contributed by atoms with Crippen molar-refractivity contribution < 1.29 is 14.0 Å². The van der Waals surface area contributed by atoms with E-state index in [4.69, 9.17) is 0 Å². The van der Waals surface area contributed by atoms with Crippen LogP contribution < -0.4 is 10.2 Å². The molecule has 5 nitrogen and oxygen atoms in total. The predicted octanol–water partition coefficient (Wildman–Crippen LogP) is 5.40. The van der Waals surface area contributed by atoms with Crippen molar-refractivity contribution in [3.63, 3.8) is 0 Å². The first-order valence-corrected chi connectivity index (χ1v) is 13.4. The van der Waals surface area contributed by atoms with Crippen molar-refractivity contribution in [2.24, 2.45) is 0 Å². The second kappa shape index (κ2) is 11.4. The predicted molar refractivity (Wildman–Crippen MR) is 136 cm³/mol. The van der Waals surface area contributed by atoms with Crippen LogP contribution in [0, 0.1) is 12.7 Å². The van der Waals surface area contributed by atoms with Gasteiger partial charge >= 0.3 is 0 Å². The monoisotopic (exact) mass is 483 g/mol. The van der Waals surface area contributed by atoms with E-state index in [1.807, 2.05) is 37.4 Å². The van der Waals surface area contributed by atoms with Gasteiger partial charge in [0.1, 0.15) is 11.9 Å². The Labute approximate surface area is 206 Å². The number of carbonyl (C=O) groups is 2. The van der Waals surface area contributed by atoms with Gasteiger partial charge in [-0.2, -0.15) is 0 Å². The fraction of sp³-hybridized carbons (Fsp3) is 0.481. The highest BCUT2D eigenvalue weighted by molar-refractivity contribution is 7.96. The van der Waals surface area contributed by atoms with Crippen LogP contribution in [0.15, 0.2) is 48.5 Å². The third-order valence-corrected chi connectivity index (χ3v) is 7.89. The molecule has 1 saturated heterocycles. The van der Waals surface area contributed by atoms with E-state index in [0.717, 1.165) is 56.2 Å². The summed E-state index contributed by atoms with van der Waals surface area (Å²) in [6.07, 6.45) is 8.87. The minimum Gasteiger partial charge on any atom is -0.351 e. The SMILES string of the molecule is CSN1CCCC1C(=O)N(c1cccc(F)c1)C(C(=O)NC1CCCCC1)c1ccccc1C. The topological polar surface area (TPSA) is 52.7 Å². The van der Waals surface area contributed by atoms with Gasteiger partial charge in [0.25, 0.3) is 0 Å². The molecule has 1 aliphatic heterocycles. The highest BCUT2D eigenvalue weighted by Gasteiger charge is 2.41. The summed E-state index contributed by atoms with van der Waals surface area (Å²) in [7, 11) is 0. The first-order chi connectivity index (χ1) is 16.5. The Bertz CT molecular complexity index is 1010. The van der Waals surface area contributed by atoms with Crippen LogP contribution in [0.3, 0.4) is 0 Å². The van der Waals surface area contributed by atoms with Gasteiger partial charge in [0.2, 0.25) is 11.8 Å². The second-order valence-corrected chi connectivity index (χ2v) is 10.1. The van der Waals surface area contributed by atoms with Gasteiger partial charge in [-0.15, -0.1) is 0 Å². The maximum atomic E-state index is 14.4. The minimum absolute atomic E-state index is 0.103. The molecule has 2 amide bonds. The maximum Gasteiger partial charge on any atom is 0.248 e. The molecule has 34 heavy (non-hydrogen) atoms. The number of nitrogens with one attached hydrogen (secondary N) is 1. The number of halogens is 1. The third kappa shape index (κ3) is 5.47. The molecule has 2 fully saturated rings. The molecule has 0 radical (unpaired) electrons. The van der Waals surface area contributed by atoms with Crippen molar-refractivity contribution in [1.29, 1.82) is 0 Å². The van der Waals surface area contributed by atoms with Crippen molar-refractivity contribution in [3.8, 4) is 0 Å². The number of rotatable bonds is 7. The van der Waals surface area contributed by atoms with Gasteiger partial charge in [-0.1, -0.05) is 61.5 Å². The lowest BCUT2D eigenvalue weighted by Crippen LogP contribution is -2.51. The van der Waals surface area contributed by atoms with Gasteiger partial charge in [0.05, 0.1) is 6.04 Å². The Kier molecular flexibility index (Phi) is 8.27. The summed E-state index contributed by atoms with van der Waals surface area (Å²) in [6, 6.07) is 12.6. The molecular formula is C27H34FN3O2S. The maximum absolute atomic E-state index is 14.4. The highest BCUT2D eigenvalue weighted by Crippen LogP contribution is 2.35. The number of benzene rings is 2. The summed E-state index contributed by atoms with van der Waals surface area (Å²) in [5.74, 6) is -0.795. The number of anilines is 1. The van der Waals surface area contributed by atoms with Crippen LogP contribution >= 0.6 is 11.9 Å². The molecule has 2 unspecified atom stereocenters. The molecular weight excluding hydrogens is 449 g/mol. The van der Waals surface area contributed by atoms with Crippen molar-refractivity contribution in [2.75, 3.05) is 17.7 Å². The van der Waals surface area contributed by atoms with E-state index in [-0.39, 0.29) is 23.9 Å². The smallest absolute Gasteiger partial charge is 0.248 e. The van der Waals surface area contributed by atoms with E-state index >= 15 is 0 Å². The van der Waals surface area contributed by atoms with Gasteiger partial charge < -0.3 is 5.32 Å². The van der Waals surface area contributed by atoms with E-state index < -0.39 is 11.9 Å². The van der Waals surface area contributed by atoms with E-state index in [2.05, 4.69) is 9.62 Å². The van der Waals surface area contributed by atoms with E-state index in [9.17, 15) is 14.0 Å². The largest absolute Gasteiger partial charge is 0.351 e. The molecule has 1 N–H and O–H groups in total.